The van der Waals surface area contributed by atoms with E-state index in [0.717, 1.165) is 48.7 Å². The number of nitrogens with one attached hydrogen (secondary N) is 2. The zero-order valence-electron chi connectivity index (χ0n) is 12.7. The quantitative estimate of drug-likeness (QED) is 0.762. The Bertz CT molecular complexity index is 440. The molecule has 2 saturated carbocycles. The van der Waals surface area contributed by atoms with E-state index in [2.05, 4.69) is 40.5 Å². The minimum Gasteiger partial charge on any atom is -0.370 e. The predicted octanol–water partition coefficient (Wildman–Crippen LogP) is 3.46. The van der Waals surface area contributed by atoms with Crippen molar-refractivity contribution in [3.63, 3.8) is 0 Å². The van der Waals surface area contributed by atoms with Crippen molar-refractivity contribution in [2.24, 2.45) is 11.8 Å². The first-order valence-corrected chi connectivity index (χ1v) is 8.18. The van der Waals surface area contributed by atoms with Gasteiger partial charge in [0.25, 0.3) is 0 Å². The molecule has 2 aliphatic carbocycles. The SMILES string of the molecule is CCCNc1cc(NC(C2CC2)C2CC2)nc(CC)n1. The number of hydrogen-bond acceptors (Lipinski definition) is 4. The molecular weight excluding hydrogens is 248 g/mol. The van der Waals surface area contributed by atoms with E-state index in [1.807, 2.05) is 0 Å². The Labute approximate surface area is 121 Å². The van der Waals surface area contributed by atoms with E-state index in [1.54, 1.807) is 0 Å². The van der Waals surface area contributed by atoms with Gasteiger partial charge in [0.2, 0.25) is 0 Å². The monoisotopic (exact) mass is 274 g/mol. The summed E-state index contributed by atoms with van der Waals surface area (Å²) >= 11 is 0. The molecule has 0 spiro atoms. The number of nitrogens with zero attached hydrogens (tertiary/aromatic N) is 2. The third kappa shape index (κ3) is 3.41. The number of aryl methyl sites for hydroxylation is 1. The Kier molecular flexibility index (Phi) is 4.08. The molecule has 1 aromatic heterocycles. The van der Waals surface area contributed by atoms with Gasteiger partial charge >= 0.3 is 0 Å². The van der Waals surface area contributed by atoms with Crippen LogP contribution in [0.2, 0.25) is 0 Å². The van der Waals surface area contributed by atoms with Gasteiger partial charge in [0.1, 0.15) is 17.5 Å². The standard InChI is InChI=1S/C16H26N4/c1-3-9-17-14-10-15(19-13(4-2)18-14)20-16(11-5-6-11)12-7-8-12/h10-12,16H,3-9H2,1-2H3,(H2,17,18,19,20). The maximum absolute atomic E-state index is 4.66. The number of aromatic nitrogens is 2. The Morgan fingerprint density at radius 1 is 1.10 bits per heavy atom. The second-order valence-corrected chi connectivity index (χ2v) is 6.18. The minimum absolute atomic E-state index is 0.647. The first kappa shape index (κ1) is 13.7. The molecule has 3 rings (SSSR count). The fourth-order valence-electron chi connectivity index (χ4n) is 2.77. The van der Waals surface area contributed by atoms with Gasteiger partial charge in [-0.25, -0.2) is 9.97 Å². The van der Waals surface area contributed by atoms with E-state index in [9.17, 15) is 0 Å². The van der Waals surface area contributed by atoms with Crippen molar-refractivity contribution in [1.82, 2.24) is 9.97 Å². The molecule has 4 heteroatoms. The van der Waals surface area contributed by atoms with Crippen LogP contribution in [-0.2, 0) is 6.42 Å². The second-order valence-electron chi connectivity index (χ2n) is 6.18. The van der Waals surface area contributed by atoms with Gasteiger partial charge in [0.05, 0.1) is 0 Å². The van der Waals surface area contributed by atoms with Crippen molar-refractivity contribution in [3.05, 3.63) is 11.9 Å². The van der Waals surface area contributed by atoms with Crippen LogP contribution in [0.5, 0.6) is 0 Å². The maximum atomic E-state index is 4.66. The van der Waals surface area contributed by atoms with Crippen molar-refractivity contribution in [2.45, 2.75) is 58.4 Å². The third-order valence-corrected chi connectivity index (χ3v) is 4.22. The zero-order valence-corrected chi connectivity index (χ0v) is 12.7. The van der Waals surface area contributed by atoms with Gasteiger partial charge in [-0.15, -0.1) is 0 Å². The van der Waals surface area contributed by atoms with Crippen molar-refractivity contribution < 1.29 is 0 Å². The smallest absolute Gasteiger partial charge is 0.132 e. The van der Waals surface area contributed by atoms with E-state index in [4.69, 9.17) is 0 Å². The molecule has 2 fully saturated rings. The molecule has 4 nitrogen and oxygen atoms in total. The summed E-state index contributed by atoms with van der Waals surface area (Å²) in [4.78, 5) is 9.21. The summed E-state index contributed by atoms with van der Waals surface area (Å²) < 4.78 is 0. The lowest BCUT2D eigenvalue weighted by Gasteiger charge is -2.19. The minimum atomic E-state index is 0.647. The number of hydrogen-bond donors (Lipinski definition) is 2. The molecule has 110 valence electrons. The molecule has 2 aliphatic rings. The van der Waals surface area contributed by atoms with E-state index in [1.165, 1.54) is 25.7 Å². The average molecular weight is 274 g/mol. The van der Waals surface area contributed by atoms with Crippen LogP contribution in [0.1, 0.15) is 51.8 Å². The lowest BCUT2D eigenvalue weighted by molar-refractivity contribution is 0.565. The highest BCUT2D eigenvalue weighted by Crippen LogP contribution is 2.45. The summed E-state index contributed by atoms with van der Waals surface area (Å²) in [5.74, 6) is 4.67. The Morgan fingerprint density at radius 2 is 1.75 bits per heavy atom. The highest BCUT2D eigenvalue weighted by Gasteiger charge is 2.41. The van der Waals surface area contributed by atoms with E-state index < -0.39 is 0 Å². The van der Waals surface area contributed by atoms with Gasteiger partial charge in [-0.05, 0) is 43.9 Å². The summed E-state index contributed by atoms with van der Waals surface area (Å²) in [5.41, 5.74) is 0. The highest BCUT2D eigenvalue weighted by atomic mass is 15.1. The predicted molar refractivity (Wildman–Crippen MR) is 83.0 cm³/mol. The molecule has 0 aliphatic heterocycles. The van der Waals surface area contributed by atoms with Crippen LogP contribution in [-0.4, -0.2) is 22.6 Å². The van der Waals surface area contributed by atoms with Crippen LogP contribution in [0.4, 0.5) is 11.6 Å². The van der Waals surface area contributed by atoms with Gasteiger partial charge in [0.15, 0.2) is 0 Å². The molecule has 0 amide bonds. The summed E-state index contributed by atoms with van der Waals surface area (Å²) in [7, 11) is 0. The van der Waals surface area contributed by atoms with E-state index >= 15 is 0 Å². The number of rotatable bonds is 8. The summed E-state index contributed by atoms with van der Waals surface area (Å²) in [6, 6.07) is 2.72. The van der Waals surface area contributed by atoms with Crippen LogP contribution in [0.3, 0.4) is 0 Å². The Hall–Kier alpha value is -1.32. The summed E-state index contributed by atoms with van der Waals surface area (Å²) in [5, 5.41) is 7.08. The molecule has 0 radical (unpaired) electrons. The summed E-state index contributed by atoms with van der Waals surface area (Å²) in [6.45, 7) is 5.25. The van der Waals surface area contributed by atoms with Crippen LogP contribution in [0, 0.1) is 11.8 Å². The lowest BCUT2D eigenvalue weighted by Crippen LogP contribution is -2.25. The molecule has 0 bridgehead atoms. The van der Waals surface area contributed by atoms with Crippen molar-refractivity contribution in [2.75, 3.05) is 17.2 Å². The van der Waals surface area contributed by atoms with Gasteiger partial charge in [-0.1, -0.05) is 13.8 Å². The zero-order chi connectivity index (χ0) is 13.9. The van der Waals surface area contributed by atoms with Gasteiger partial charge < -0.3 is 10.6 Å². The third-order valence-electron chi connectivity index (χ3n) is 4.22. The molecule has 20 heavy (non-hydrogen) atoms. The largest absolute Gasteiger partial charge is 0.370 e. The molecule has 1 heterocycles. The molecule has 0 atom stereocenters. The molecule has 0 unspecified atom stereocenters. The Morgan fingerprint density at radius 3 is 2.30 bits per heavy atom. The average Bonchev–Trinajstić information content (AvgIpc) is 3.35. The van der Waals surface area contributed by atoms with Crippen LogP contribution >= 0.6 is 0 Å². The summed E-state index contributed by atoms with van der Waals surface area (Å²) in [6.07, 6.45) is 7.55. The lowest BCUT2D eigenvalue weighted by atomic mass is 10.1. The fourth-order valence-corrected chi connectivity index (χ4v) is 2.77. The highest BCUT2D eigenvalue weighted by molar-refractivity contribution is 5.48. The Balaban J connectivity index is 1.72. The molecular formula is C16H26N4. The number of anilines is 2. The molecule has 1 aromatic rings. The molecule has 0 saturated heterocycles. The van der Waals surface area contributed by atoms with Crippen LogP contribution in [0.25, 0.3) is 0 Å². The van der Waals surface area contributed by atoms with Crippen LogP contribution in [0.15, 0.2) is 6.07 Å². The van der Waals surface area contributed by atoms with Crippen molar-refractivity contribution in [3.8, 4) is 0 Å². The maximum Gasteiger partial charge on any atom is 0.132 e. The first-order valence-electron chi connectivity index (χ1n) is 8.18. The van der Waals surface area contributed by atoms with E-state index in [-0.39, 0.29) is 0 Å². The molecule has 2 N–H and O–H groups in total. The molecule has 0 aromatic carbocycles. The van der Waals surface area contributed by atoms with Gasteiger partial charge in [-0.3, -0.25) is 0 Å². The fraction of sp³-hybridized carbons (Fsp3) is 0.750. The van der Waals surface area contributed by atoms with Crippen molar-refractivity contribution in [1.29, 1.82) is 0 Å². The second kappa shape index (κ2) is 5.98. The van der Waals surface area contributed by atoms with Crippen molar-refractivity contribution >= 4 is 11.6 Å². The topological polar surface area (TPSA) is 49.8 Å². The van der Waals surface area contributed by atoms with Crippen LogP contribution < -0.4 is 10.6 Å². The van der Waals surface area contributed by atoms with E-state index in [0.29, 0.717) is 6.04 Å². The first-order chi connectivity index (χ1) is 9.80. The van der Waals surface area contributed by atoms with Gasteiger partial charge in [-0.2, -0.15) is 0 Å². The normalized spacial score (nSPS) is 18.4. The van der Waals surface area contributed by atoms with Gasteiger partial charge in [0, 0.05) is 25.1 Å².